The van der Waals surface area contributed by atoms with Crippen molar-refractivity contribution in [3.8, 4) is 5.82 Å². The summed E-state index contributed by atoms with van der Waals surface area (Å²) in [7, 11) is 0. The molecular weight excluding hydrogens is 354 g/mol. The van der Waals surface area contributed by atoms with Gasteiger partial charge in [0.15, 0.2) is 0 Å². The summed E-state index contributed by atoms with van der Waals surface area (Å²) >= 11 is 0. The number of aromatic nitrogens is 5. The number of hydrogen-bond acceptors (Lipinski definition) is 6. The molecule has 4 aromatic heterocycles. The fourth-order valence-corrected chi connectivity index (χ4v) is 3.58. The van der Waals surface area contributed by atoms with Crippen molar-refractivity contribution in [2.24, 2.45) is 0 Å². The number of morpholine rings is 1. The molecule has 1 aliphatic heterocycles. The van der Waals surface area contributed by atoms with Gasteiger partial charge < -0.3 is 15.0 Å². The first kappa shape index (κ1) is 16.8. The molecule has 8 nitrogen and oxygen atoms in total. The predicted octanol–water partition coefficient (Wildman–Crippen LogP) is 3.11. The summed E-state index contributed by atoms with van der Waals surface area (Å²) < 4.78 is 7.62. The molecule has 8 heteroatoms. The molecule has 1 fully saturated rings. The van der Waals surface area contributed by atoms with E-state index in [1.54, 1.807) is 12.4 Å². The van der Waals surface area contributed by atoms with Crippen molar-refractivity contribution >= 4 is 28.2 Å². The number of anilines is 3. The van der Waals surface area contributed by atoms with Crippen LogP contribution in [-0.4, -0.2) is 50.5 Å². The Morgan fingerprint density at radius 3 is 3.00 bits per heavy atom. The monoisotopic (exact) mass is 375 g/mol. The Morgan fingerprint density at radius 1 is 1.25 bits per heavy atom. The molecule has 0 unspecified atom stereocenters. The molecule has 142 valence electrons. The van der Waals surface area contributed by atoms with Crippen molar-refractivity contribution in [1.29, 1.82) is 0 Å². The fourth-order valence-electron chi connectivity index (χ4n) is 3.58. The van der Waals surface area contributed by atoms with Gasteiger partial charge in [-0.2, -0.15) is 5.10 Å². The van der Waals surface area contributed by atoms with Crippen LogP contribution in [0.5, 0.6) is 0 Å². The number of fused-ring (bicyclic) bond motifs is 1. The molecule has 0 bridgehead atoms. The predicted molar refractivity (Wildman–Crippen MR) is 108 cm³/mol. The van der Waals surface area contributed by atoms with Crippen molar-refractivity contribution in [3.05, 3.63) is 55.1 Å². The van der Waals surface area contributed by atoms with Crippen LogP contribution >= 0.6 is 0 Å². The second-order valence-electron chi connectivity index (χ2n) is 6.88. The maximum absolute atomic E-state index is 5.60. The van der Waals surface area contributed by atoms with E-state index >= 15 is 0 Å². The molecule has 2 N–H and O–H groups in total. The topological polar surface area (TPSA) is 83.9 Å². The van der Waals surface area contributed by atoms with Crippen LogP contribution in [0.1, 0.15) is 6.92 Å². The summed E-state index contributed by atoms with van der Waals surface area (Å²) in [5.74, 6) is 1.80. The van der Waals surface area contributed by atoms with Gasteiger partial charge in [-0.05, 0) is 25.1 Å². The number of pyridine rings is 2. The highest BCUT2D eigenvalue weighted by Crippen LogP contribution is 2.32. The van der Waals surface area contributed by atoms with Gasteiger partial charge in [0.05, 0.1) is 43.0 Å². The standard InChI is InChI=1S/C20H21N7O/c1-14-13-28-10-9-26(14)19-11-17(23-15-3-2-6-21-12-15)16-5-8-27(20(16)24-19)18-4-7-22-25-18/h2-8,11-12,14H,9-10,13H2,1H3,(H,22,25)(H,23,24)/t14-/m1/s1. The van der Waals surface area contributed by atoms with Gasteiger partial charge in [0.1, 0.15) is 17.3 Å². The van der Waals surface area contributed by atoms with E-state index in [4.69, 9.17) is 9.72 Å². The number of aromatic amines is 1. The molecule has 0 radical (unpaired) electrons. The minimum absolute atomic E-state index is 0.264. The SMILES string of the molecule is C[C@@H]1COCCN1c1cc(Nc2cccnc2)c2ccn(-c3ccn[nH]3)c2n1. The number of nitrogens with zero attached hydrogens (tertiary/aromatic N) is 5. The number of ether oxygens (including phenoxy) is 1. The van der Waals surface area contributed by atoms with Crippen LogP contribution < -0.4 is 10.2 Å². The van der Waals surface area contributed by atoms with Gasteiger partial charge in [-0.15, -0.1) is 0 Å². The molecule has 5 rings (SSSR count). The van der Waals surface area contributed by atoms with Crippen LogP contribution in [0.25, 0.3) is 16.9 Å². The first-order valence-corrected chi connectivity index (χ1v) is 9.33. The summed E-state index contributed by atoms with van der Waals surface area (Å²) in [5.41, 5.74) is 2.79. The van der Waals surface area contributed by atoms with Crippen LogP contribution in [0.3, 0.4) is 0 Å². The zero-order chi connectivity index (χ0) is 18.9. The van der Waals surface area contributed by atoms with Crippen molar-refractivity contribution in [2.75, 3.05) is 30.0 Å². The van der Waals surface area contributed by atoms with Crippen LogP contribution in [0.15, 0.2) is 55.1 Å². The molecule has 0 amide bonds. The zero-order valence-corrected chi connectivity index (χ0v) is 15.5. The summed E-state index contributed by atoms with van der Waals surface area (Å²) in [4.78, 5) is 11.5. The average molecular weight is 375 g/mol. The van der Waals surface area contributed by atoms with Gasteiger partial charge in [0.25, 0.3) is 0 Å². The highest BCUT2D eigenvalue weighted by molar-refractivity contribution is 5.94. The molecule has 1 saturated heterocycles. The summed E-state index contributed by atoms with van der Waals surface area (Å²) in [6, 6.07) is 10.3. The van der Waals surface area contributed by atoms with Gasteiger partial charge in [-0.1, -0.05) is 0 Å². The normalized spacial score (nSPS) is 17.2. The second-order valence-corrected chi connectivity index (χ2v) is 6.88. The first-order valence-electron chi connectivity index (χ1n) is 9.33. The molecule has 5 heterocycles. The largest absolute Gasteiger partial charge is 0.377 e. The average Bonchev–Trinajstić information content (AvgIpc) is 3.38. The van der Waals surface area contributed by atoms with Gasteiger partial charge in [-0.3, -0.25) is 14.6 Å². The Balaban J connectivity index is 1.66. The second kappa shape index (κ2) is 6.97. The van der Waals surface area contributed by atoms with Crippen molar-refractivity contribution < 1.29 is 4.74 Å². The van der Waals surface area contributed by atoms with E-state index in [0.29, 0.717) is 13.2 Å². The van der Waals surface area contributed by atoms with E-state index in [0.717, 1.165) is 40.6 Å². The lowest BCUT2D eigenvalue weighted by molar-refractivity contribution is 0.0986. The van der Waals surface area contributed by atoms with E-state index in [1.807, 2.05) is 35.2 Å². The quantitative estimate of drug-likeness (QED) is 0.570. The van der Waals surface area contributed by atoms with Crippen LogP contribution in [0.4, 0.5) is 17.2 Å². The summed E-state index contributed by atoms with van der Waals surface area (Å²) in [6.07, 6.45) is 7.33. The lowest BCUT2D eigenvalue weighted by Gasteiger charge is -2.34. The minimum Gasteiger partial charge on any atom is -0.377 e. The highest BCUT2D eigenvalue weighted by Gasteiger charge is 2.22. The molecular formula is C20H21N7O. The Morgan fingerprint density at radius 2 is 2.21 bits per heavy atom. The van der Waals surface area contributed by atoms with E-state index < -0.39 is 0 Å². The third-order valence-corrected chi connectivity index (χ3v) is 4.99. The van der Waals surface area contributed by atoms with E-state index in [9.17, 15) is 0 Å². The van der Waals surface area contributed by atoms with Gasteiger partial charge in [-0.25, -0.2) is 4.98 Å². The summed E-state index contributed by atoms with van der Waals surface area (Å²) in [6.45, 7) is 4.38. The molecule has 28 heavy (non-hydrogen) atoms. The molecule has 1 atom stereocenters. The van der Waals surface area contributed by atoms with Crippen LogP contribution in [0, 0.1) is 0 Å². The molecule has 0 aliphatic carbocycles. The minimum atomic E-state index is 0.264. The number of hydrogen-bond donors (Lipinski definition) is 2. The van der Waals surface area contributed by atoms with Crippen LogP contribution in [0.2, 0.25) is 0 Å². The van der Waals surface area contributed by atoms with E-state index in [2.05, 4.69) is 44.5 Å². The Hall–Kier alpha value is -3.39. The van der Waals surface area contributed by atoms with Crippen LogP contribution in [-0.2, 0) is 4.74 Å². The van der Waals surface area contributed by atoms with Crippen molar-refractivity contribution in [1.82, 2.24) is 24.7 Å². The maximum atomic E-state index is 5.60. The number of nitrogens with one attached hydrogen (secondary N) is 2. The van der Waals surface area contributed by atoms with Crippen molar-refractivity contribution in [3.63, 3.8) is 0 Å². The smallest absolute Gasteiger partial charge is 0.150 e. The number of rotatable bonds is 4. The first-order chi connectivity index (χ1) is 13.8. The molecule has 0 saturated carbocycles. The molecule has 4 aromatic rings. The van der Waals surface area contributed by atoms with Gasteiger partial charge in [0.2, 0.25) is 0 Å². The molecule has 0 aromatic carbocycles. The third-order valence-electron chi connectivity index (χ3n) is 4.99. The number of H-pyrrole nitrogens is 1. The highest BCUT2D eigenvalue weighted by atomic mass is 16.5. The Kier molecular flexibility index (Phi) is 4.17. The van der Waals surface area contributed by atoms with Gasteiger partial charge >= 0.3 is 0 Å². The Labute approximate surface area is 162 Å². The summed E-state index contributed by atoms with van der Waals surface area (Å²) in [5, 5.41) is 11.6. The fraction of sp³-hybridized carbons (Fsp3) is 0.250. The van der Waals surface area contributed by atoms with Gasteiger partial charge in [0, 0.05) is 36.5 Å². The maximum Gasteiger partial charge on any atom is 0.150 e. The van der Waals surface area contributed by atoms with E-state index in [-0.39, 0.29) is 6.04 Å². The van der Waals surface area contributed by atoms with E-state index in [1.165, 1.54) is 0 Å². The third kappa shape index (κ3) is 2.97. The van der Waals surface area contributed by atoms with Crippen molar-refractivity contribution in [2.45, 2.75) is 13.0 Å². The lowest BCUT2D eigenvalue weighted by Crippen LogP contribution is -2.44. The molecule has 0 spiro atoms. The Bertz CT molecular complexity index is 1070. The lowest BCUT2D eigenvalue weighted by atomic mass is 10.2. The molecule has 1 aliphatic rings. The zero-order valence-electron chi connectivity index (χ0n) is 15.5.